The summed E-state index contributed by atoms with van der Waals surface area (Å²) in [6.45, 7) is 8.73. The zero-order chi connectivity index (χ0) is 11.1. The fourth-order valence-corrected chi connectivity index (χ4v) is 0.697. The highest BCUT2D eigenvalue weighted by Crippen LogP contribution is 2.02. The summed E-state index contributed by atoms with van der Waals surface area (Å²) >= 11 is 0. The van der Waals surface area contributed by atoms with Gasteiger partial charge in [0, 0.05) is 11.1 Å². The van der Waals surface area contributed by atoms with Gasteiger partial charge in [0.15, 0.2) is 0 Å². The van der Waals surface area contributed by atoms with Crippen molar-refractivity contribution in [2.24, 2.45) is 5.73 Å². The summed E-state index contributed by atoms with van der Waals surface area (Å²) < 4.78 is 4.80. The lowest BCUT2D eigenvalue weighted by molar-refractivity contribution is -0.139. The van der Waals surface area contributed by atoms with E-state index in [-0.39, 0.29) is 6.61 Å². The van der Waals surface area contributed by atoms with Gasteiger partial charge in [-0.15, -0.1) is 0 Å². The third-order valence-corrected chi connectivity index (χ3v) is 1.55. The summed E-state index contributed by atoms with van der Waals surface area (Å²) in [4.78, 5) is 21.4. The minimum Gasteiger partial charge on any atom is -0.462 e. The third-order valence-electron chi connectivity index (χ3n) is 1.55. The highest BCUT2D eigenvalue weighted by molar-refractivity contribution is 5.91. The number of hydrogen-bond acceptors (Lipinski definition) is 3. The first-order chi connectivity index (χ1) is 6.45. The summed E-state index contributed by atoms with van der Waals surface area (Å²) in [6.07, 6.45) is 0.986. The van der Waals surface area contributed by atoms with E-state index in [4.69, 9.17) is 10.5 Å². The van der Waals surface area contributed by atoms with E-state index in [1.165, 1.54) is 0 Å². The van der Waals surface area contributed by atoms with Crippen molar-refractivity contribution in [2.75, 3.05) is 6.61 Å². The Kier molecular flexibility index (Phi) is 5.29. The largest absolute Gasteiger partial charge is 0.462 e. The Bertz CT molecular complexity index is 241. The molecule has 0 unspecified atom stereocenters. The highest BCUT2D eigenvalue weighted by atomic mass is 16.5. The van der Waals surface area contributed by atoms with E-state index in [1.54, 1.807) is 6.92 Å². The lowest BCUT2D eigenvalue weighted by Gasteiger charge is -2.04. The molecule has 0 atom stereocenters. The summed E-state index contributed by atoms with van der Waals surface area (Å²) in [5.74, 6) is -0.939. The van der Waals surface area contributed by atoms with Gasteiger partial charge in [-0.3, -0.25) is 4.79 Å². The molecule has 2 N–H and O–H groups in total. The van der Waals surface area contributed by atoms with Crippen LogP contribution in [0.3, 0.4) is 0 Å². The first kappa shape index (κ1) is 12.4. The smallest absolute Gasteiger partial charge is 0.333 e. The fraction of sp³-hybridized carbons (Fsp3) is 0.400. The molecule has 4 heteroatoms. The Labute approximate surface area is 83.4 Å². The summed E-state index contributed by atoms with van der Waals surface area (Å²) in [5, 5.41) is 0. The predicted octanol–water partition coefficient (Wildman–Crippen LogP) is 0.927. The quantitative estimate of drug-likeness (QED) is 0.391. The summed E-state index contributed by atoms with van der Waals surface area (Å²) in [5.41, 5.74) is 5.67. The van der Waals surface area contributed by atoms with Gasteiger partial charge in [0.05, 0.1) is 6.61 Å². The molecule has 0 aromatic carbocycles. The molecule has 0 rings (SSSR count). The molecule has 0 aliphatic rings. The van der Waals surface area contributed by atoms with Crippen LogP contribution >= 0.6 is 0 Å². The number of ether oxygens (including phenoxy) is 1. The SMILES string of the molecule is C=C(C)C(=O)OCCCC(=C)C(N)=O. The molecule has 0 spiro atoms. The number of primary amides is 1. The second-order valence-corrected chi connectivity index (χ2v) is 2.99. The molecule has 0 bridgehead atoms. The number of hydrogen-bond donors (Lipinski definition) is 1. The Morgan fingerprint density at radius 3 is 2.36 bits per heavy atom. The molecule has 0 aromatic heterocycles. The molecule has 0 saturated carbocycles. The lowest BCUT2D eigenvalue weighted by Crippen LogP contribution is -2.14. The molecule has 0 aromatic rings. The molecule has 78 valence electrons. The van der Waals surface area contributed by atoms with Crippen LogP contribution in [-0.2, 0) is 14.3 Å². The number of carbonyl (C=O) groups excluding carboxylic acids is 2. The molecule has 14 heavy (non-hydrogen) atoms. The number of nitrogens with two attached hydrogens (primary N) is 1. The fourth-order valence-electron chi connectivity index (χ4n) is 0.697. The Morgan fingerprint density at radius 2 is 1.93 bits per heavy atom. The molecule has 0 radical (unpaired) electrons. The maximum Gasteiger partial charge on any atom is 0.333 e. The number of esters is 1. The van der Waals surface area contributed by atoms with Crippen LogP contribution in [0, 0.1) is 0 Å². The van der Waals surface area contributed by atoms with Crippen molar-refractivity contribution in [3.63, 3.8) is 0 Å². The third kappa shape index (κ3) is 5.13. The minimum absolute atomic E-state index is 0.248. The van der Waals surface area contributed by atoms with E-state index in [9.17, 15) is 9.59 Å². The van der Waals surface area contributed by atoms with Crippen molar-refractivity contribution in [3.05, 3.63) is 24.3 Å². The Hall–Kier alpha value is -1.58. The van der Waals surface area contributed by atoms with Crippen molar-refractivity contribution in [1.82, 2.24) is 0 Å². The van der Waals surface area contributed by atoms with Gasteiger partial charge in [-0.05, 0) is 19.8 Å². The summed E-state index contributed by atoms with van der Waals surface area (Å²) in [7, 11) is 0. The Morgan fingerprint density at radius 1 is 1.36 bits per heavy atom. The average molecular weight is 197 g/mol. The number of carbonyl (C=O) groups is 2. The maximum atomic E-state index is 10.9. The van der Waals surface area contributed by atoms with Gasteiger partial charge in [-0.25, -0.2) is 4.79 Å². The molecular weight excluding hydrogens is 182 g/mol. The minimum atomic E-state index is -0.517. The predicted molar refractivity (Wildman–Crippen MR) is 53.3 cm³/mol. The van der Waals surface area contributed by atoms with E-state index < -0.39 is 11.9 Å². The Balaban J connectivity index is 3.57. The van der Waals surface area contributed by atoms with Crippen LogP contribution in [0.5, 0.6) is 0 Å². The van der Waals surface area contributed by atoms with E-state index in [0.717, 1.165) is 0 Å². The van der Waals surface area contributed by atoms with Crippen LogP contribution in [0.4, 0.5) is 0 Å². The zero-order valence-electron chi connectivity index (χ0n) is 8.34. The van der Waals surface area contributed by atoms with E-state index in [0.29, 0.717) is 24.0 Å². The second kappa shape index (κ2) is 5.96. The van der Waals surface area contributed by atoms with Crippen LogP contribution in [-0.4, -0.2) is 18.5 Å². The van der Waals surface area contributed by atoms with E-state index in [1.807, 2.05) is 0 Å². The summed E-state index contributed by atoms with van der Waals surface area (Å²) in [6, 6.07) is 0. The lowest BCUT2D eigenvalue weighted by atomic mass is 10.1. The van der Waals surface area contributed by atoms with Crippen LogP contribution < -0.4 is 5.73 Å². The normalized spacial score (nSPS) is 9.21. The average Bonchev–Trinajstić information content (AvgIpc) is 2.11. The number of amides is 1. The topological polar surface area (TPSA) is 69.4 Å². The van der Waals surface area contributed by atoms with Crippen LogP contribution in [0.15, 0.2) is 24.3 Å². The van der Waals surface area contributed by atoms with Gasteiger partial charge < -0.3 is 10.5 Å². The van der Waals surface area contributed by atoms with Crippen LogP contribution in [0.2, 0.25) is 0 Å². The molecule has 0 aliphatic carbocycles. The molecule has 0 saturated heterocycles. The van der Waals surface area contributed by atoms with Crippen molar-refractivity contribution >= 4 is 11.9 Å². The van der Waals surface area contributed by atoms with Crippen LogP contribution in [0.25, 0.3) is 0 Å². The zero-order valence-corrected chi connectivity index (χ0v) is 8.34. The van der Waals surface area contributed by atoms with E-state index >= 15 is 0 Å². The molecule has 4 nitrogen and oxygen atoms in total. The molecule has 1 amide bonds. The van der Waals surface area contributed by atoms with Gasteiger partial charge in [-0.2, -0.15) is 0 Å². The van der Waals surface area contributed by atoms with Gasteiger partial charge >= 0.3 is 5.97 Å². The molecular formula is C10H15NO3. The number of rotatable bonds is 6. The van der Waals surface area contributed by atoms with Crippen LogP contribution in [0.1, 0.15) is 19.8 Å². The first-order valence-corrected chi connectivity index (χ1v) is 4.25. The van der Waals surface area contributed by atoms with Crippen molar-refractivity contribution < 1.29 is 14.3 Å². The van der Waals surface area contributed by atoms with Gasteiger partial charge in [0.2, 0.25) is 5.91 Å². The van der Waals surface area contributed by atoms with Gasteiger partial charge in [0.25, 0.3) is 0 Å². The molecule has 0 aliphatic heterocycles. The highest BCUT2D eigenvalue weighted by Gasteiger charge is 2.04. The van der Waals surface area contributed by atoms with Crippen molar-refractivity contribution in [2.45, 2.75) is 19.8 Å². The van der Waals surface area contributed by atoms with E-state index in [2.05, 4.69) is 13.2 Å². The van der Waals surface area contributed by atoms with Crippen molar-refractivity contribution in [3.8, 4) is 0 Å². The maximum absolute atomic E-state index is 10.9. The van der Waals surface area contributed by atoms with Gasteiger partial charge in [0.1, 0.15) is 0 Å². The van der Waals surface area contributed by atoms with Crippen molar-refractivity contribution in [1.29, 1.82) is 0 Å². The standard InChI is InChI=1S/C10H15NO3/c1-7(2)10(13)14-6-4-5-8(3)9(11)12/h1,3-6H2,2H3,(H2,11,12). The van der Waals surface area contributed by atoms with Gasteiger partial charge in [-0.1, -0.05) is 13.2 Å². The molecule has 0 heterocycles. The molecule has 0 fully saturated rings. The monoisotopic (exact) mass is 197 g/mol. The second-order valence-electron chi connectivity index (χ2n) is 2.99. The first-order valence-electron chi connectivity index (χ1n) is 4.25.